The molecule has 2 amide bonds. The maximum atomic E-state index is 13.3. The van der Waals surface area contributed by atoms with E-state index in [4.69, 9.17) is 4.98 Å². The summed E-state index contributed by atoms with van der Waals surface area (Å²) in [6, 6.07) is 10.4. The lowest BCUT2D eigenvalue weighted by molar-refractivity contribution is -0.127. The number of carbonyl (C=O) groups is 2. The third kappa shape index (κ3) is 7.37. The van der Waals surface area contributed by atoms with Crippen LogP contribution in [0.15, 0.2) is 42.0 Å². The van der Waals surface area contributed by atoms with Crippen molar-refractivity contribution in [2.24, 2.45) is 11.8 Å². The molecule has 11 heteroatoms. The monoisotopic (exact) mass is 582 g/mol. The molecule has 8 nitrogen and oxygen atoms in total. The SMILES string of the molecule is CC(C)/C=C(\C#N)C(=O)N1CCC[C@@H]1Cn1c(NC(=O)c2ccc(C(F)F)s2)nc2cc(CNCC(C)C)ccc21. The predicted octanol–water partition coefficient (Wildman–Crippen LogP) is 6.13. The molecule has 0 radical (unpaired) electrons. The molecule has 1 atom stereocenters. The van der Waals surface area contributed by atoms with Gasteiger partial charge in [0.05, 0.1) is 26.8 Å². The number of hydrogen-bond donors (Lipinski definition) is 2. The molecule has 1 aromatic carbocycles. The van der Waals surface area contributed by atoms with Crippen molar-refractivity contribution < 1.29 is 18.4 Å². The number of rotatable bonds is 11. The highest BCUT2D eigenvalue weighted by molar-refractivity contribution is 7.14. The highest BCUT2D eigenvalue weighted by Crippen LogP contribution is 2.30. The highest BCUT2D eigenvalue weighted by Gasteiger charge is 2.32. The van der Waals surface area contributed by atoms with E-state index in [0.717, 1.165) is 41.8 Å². The standard InChI is InChI=1S/C30H36F2N6O2S/c1-18(2)12-21(14-33)29(40)37-11-5-6-22(37)17-38-24-8-7-20(16-34-15-19(3)4)13-23(24)35-30(38)36-28(39)26-10-9-25(41-26)27(31)32/h7-10,12-13,18-19,22,27,34H,5-6,11,15-17H2,1-4H3,(H,35,36,39)/b21-12+/t22-/m1/s1. The molecule has 2 N–H and O–H groups in total. The molecular weight excluding hydrogens is 546 g/mol. The molecule has 1 aliphatic rings. The third-order valence-electron chi connectivity index (χ3n) is 6.87. The summed E-state index contributed by atoms with van der Waals surface area (Å²) in [6.07, 6.45) is 0.559. The van der Waals surface area contributed by atoms with E-state index in [9.17, 15) is 23.6 Å². The van der Waals surface area contributed by atoms with E-state index in [0.29, 0.717) is 31.1 Å². The first-order valence-corrected chi connectivity index (χ1v) is 14.7. The van der Waals surface area contributed by atoms with E-state index in [1.54, 1.807) is 11.0 Å². The number of likely N-dealkylation sites (tertiary alicyclic amines) is 1. The number of nitriles is 1. The van der Waals surface area contributed by atoms with Gasteiger partial charge in [0.2, 0.25) is 5.95 Å². The number of halogens is 2. The molecule has 3 aromatic rings. The molecule has 0 unspecified atom stereocenters. The van der Waals surface area contributed by atoms with Crippen molar-refractivity contribution in [2.45, 2.75) is 66.1 Å². The summed E-state index contributed by atoms with van der Waals surface area (Å²) < 4.78 is 28.1. The second-order valence-corrected chi connectivity index (χ2v) is 12.2. The second kappa shape index (κ2) is 13.4. The Labute approximate surface area is 243 Å². The lowest BCUT2D eigenvalue weighted by Gasteiger charge is -2.26. The Morgan fingerprint density at radius 2 is 2.00 bits per heavy atom. The average molecular weight is 583 g/mol. The maximum absolute atomic E-state index is 13.3. The Morgan fingerprint density at radius 1 is 1.22 bits per heavy atom. The summed E-state index contributed by atoms with van der Waals surface area (Å²) in [5.41, 5.74) is 2.62. The van der Waals surface area contributed by atoms with E-state index < -0.39 is 12.3 Å². The van der Waals surface area contributed by atoms with Crippen molar-refractivity contribution in [1.29, 1.82) is 5.26 Å². The van der Waals surface area contributed by atoms with Crippen LogP contribution in [0.25, 0.3) is 11.0 Å². The molecule has 1 saturated heterocycles. The van der Waals surface area contributed by atoms with Gasteiger partial charge in [-0.05, 0) is 61.1 Å². The first-order valence-electron chi connectivity index (χ1n) is 13.9. The molecule has 218 valence electrons. The number of nitrogens with zero attached hydrogens (tertiary/aromatic N) is 4. The Balaban J connectivity index is 1.66. The largest absolute Gasteiger partial charge is 0.333 e. The fourth-order valence-electron chi connectivity index (χ4n) is 4.97. The van der Waals surface area contributed by atoms with Gasteiger partial charge < -0.3 is 14.8 Å². The summed E-state index contributed by atoms with van der Waals surface area (Å²) in [7, 11) is 0. The van der Waals surface area contributed by atoms with Gasteiger partial charge in [-0.2, -0.15) is 5.26 Å². The fourth-order valence-corrected chi connectivity index (χ4v) is 5.73. The van der Waals surface area contributed by atoms with Crippen LogP contribution in [0, 0.1) is 23.2 Å². The molecule has 3 heterocycles. The molecule has 41 heavy (non-hydrogen) atoms. The van der Waals surface area contributed by atoms with Gasteiger partial charge in [-0.1, -0.05) is 39.8 Å². The Bertz CT molecular complexity index is 1470. The quantitative estimate of drug-likeness (QED) is 0.209. The second-order valence-electron chi connectivity index (χ2n) is 11.1. The van der Waals surface area contributed by atoms with Crippen LogP contribution in [0.2, 0.25) is 0 Å². The molecule has 4 rings (SSSR count). The number of aromatic nitrogens is 2. The zero-order chi connectivity index (χ0) is 29.7. The van der Waals surface area contributed by atoms with Gasteiger partial charge in [0.1, 0.15) is 11.6 Å². The number of amides is 2. The minimum Gasteiger partial charge on any atom is -0.333 e. The van der Waals surface area contributed by atoms with E-state index in [-0.39, 0.29) is 39.1 Å². The number of carbonyl (C=O) groups excluding carboxylic acids is 2. The van der Waals surface area contributed by atoms with E-state index in [1.807, 2.05) is 36.6 Å². The van der Waals surface area contributed by atoms with Crippen molar-refractivity contribution in [3.63, 3.8) is 0 Å². The maximum Gasteiger partial charge on any atom is 0.272 e. The zero-order valence-electron chi connectivity index (χ0n) is 23.8. The van der Waals surface area contributed by atoms with Crippen molar-refractivity contribution >= 4 is 40.1 Å². The third-order valence-corrected chi connectivity index (χ3v) is 7.96. The molecular formula is C30H36F2N6O2S. The molecule has 2 aromatic heterocycles. The van der Waals surface area contributed by atoms with Gasteiger partial charge in [-0.25, -0.2) is 13.8 Å². The average Bonchev–Trinajstić information content (AvgIpc) is 3.66. The topological polar surface area (TPSA) is 103 Å². The first kappa shape index (κ1) is 30.3. The summed E-state index contributed by atoms with van der Waals surface area (Å²) >= 11 is 0.745. The lowest BCUT2D eigenvalue weighted by atomic mass is 10.1. The zero-order valence-corrected chi connectivity index (χ0v) is 24.6. The number of anilines is 1. The molecule has 0 spiro atoms. The van der Waals surface area contributed by atoms with Crippen LogP contribution in [-0.2, 0) is 17.9 Å². The molecule has 1 aliphatic heterocycles. The predicted molar refractivity (Wildman–Crippen MR) is 157 cm³/mol. The first-order chi connectivity index (χ1) is 19.6. The summed E-state index contributed by atoms with van der Waals surface area (Å²) in [5, 5.41) is 15.9. The Hall–Kier alpha value is -3.62. The number of nitrogens with one attached hydrogen (secondary N) is 2. The number of thiophene rings is 1. The van der Waals surface area contributed by atoms with Gasteiger partial charge in [0.25, 0.3) is 18.2 Å². The van der Waals surface area contributed by atoms with Crippen LogP contribution in [0.5, 0.6) is 0 Å². The highest BCUT2D eigenvalue weighted by atomic mass is 32.1. The van der Waals surface area contributed by atoms with Crippen LogP contribution < -0.4 is 10.6 Å². The van der Waals surface area contributed by atoms with Crippen molar-refractivity contribution in [3.05, 3.63) is 57.3 Å². The van der Waals surface area contributed by atoms with Crippen molar-refractivity contribution in [1.82, 2.24) is 19.8 Å². The summed E-state index contributed by atoms with van der Waals surface area (Å²) in [4.78, 5) is 32.8. The number of hydrogen-bond acceptors (Lipinski definition) is 6. The van der Waals surface area contributed by atoms with E-state index >= 15 is 0 Å². The minimum absolute atomic E-state index is 0.0566. The van der Waals surface area contributed by atoms with Gasteiger partial charge in [-0.3, -0.25) is 14.9 Å². The minimum atomic E-state index is -2.65. The van der Waals surface area contributed by atoms with Crippen LogP contribution >= 0.6 is 11.3 Å². The molecule has 0 aliphatic carbocycles. The van der Waals surface area contributed by atoms with Gasteiger partial charge in [0, 0.05) is 19.6 Å². The molecule has 0 saturated carbocycles. The number of allylic oxidation sites excluding steroid dienone is 1. The fraction of sp³-hybridized carbons (Fsp3) is 0.467. The van der Waals surface area contributed by atoms with Crippen LogP contribution in [0.1, 0.15) is 67.1 Å². The van der Waals surface area contributed by atoms with Crippen LogP contribution in [-0.4, -0.2) is 45.4 Å². The Morgan fingerprint density at radius 3 is 2.66 bits per heavy atom. The number of alkyl halides is 2. The van der Waals surface area contributed by atoms with Crippen molar-refractivity contribution in [3.8, 4) is 6.07 Å². The summed E-state index contributed by atoms with van der Waals surface area (Å²) in [6.45, 7) is 10.5. The van der Waals surface area contributed by atoms with E-state index in [2.05, 4.69) is 30.6 Å². The van der Waals surface area contributed by atoms with Crippen LogP contribution in [0.3, 0.4) is 0 Å². The normalized spacial score (nSPS) is 15.9. The van der Waals surface area contributed by atoms with Crippen molar-refractivity contribution in [2.75, 3.05) is 18.4 Å². The van der Waals surface area contributed by atoms with Crippen LogP contribution in [0.4, 0.5) is 14.7 Å². The smallest absolute Gasteiger partial charge is 0.272 e. The number of imidazole rings is 1. The van der Waals surface area contributed by atoms with Gasteiger partial charge >= 0.3 is 0 Å². The van der Waals surface area contributed by atoms with E-state index in [1.165, 1.54) is 12.1 Å². The Kier molecular flexibility index (Phi) is 9.89. The lowest BCUT2D eigenvalue weighted by Crippen LogP contribution is -2.39. The molecule has 1 fully saturated rings. The number of benzene rings is 1. The molecule has 0 bridgehead atoms. The van der Waals surface area contributed by atoms with Gasteiger partial charge in [0.15, 0.2) is 0 Å². The number of fused-ring (bicyclic) bond motifs is 1. The summed E-state index contributed by atoms with van der Waals surface area (Å²) in [5.74, 6) is 0.0260. The van der Waals surface area contributed by atoms with Gasteiger partial charge in [-0.15, -0.1) is 11.3 Å².